The molecule has 0 saturated carbocycles. The highest BCUT2D eigenvalue weighted by Crippen LogP contribution is 2.18. The summed E-state index contributed by atoms with van der Waals surface area (Å²) in [5.74, 6) is 0. The van der Waals surface area contributed by atoms with Gasteiger partial charge in [0.2, 0.25) is 0 Å². The molecule has 1 saturated heterocycles. The largest absolute Gasteiger partial charge is 0.317 e. The lowest BCUT2D eigenvalue weighted by Crippen LogP contribution is -2.32. The molecule has 1 unspecified atom stereocenters. The molecular formula is C14H22ClN3O2. The van der Waals surface area contributed by atoms with E-state index in [0.29, 0.717) is 6.04 Å². The van der Waals surface area contributed by atoms with Crippen LogP contribution in [-0.2, 0) is 6.54 Å². The van der Waals surface area contributed by atoms with Crippen LogP contribution in [0.2, 0.25) is 0 Å². The lowest BCUT2D eigenvalue weighted by Gasteiger charge is -2.26. The number of halogens is 1. The van der Waals surface area contributed by atoms with E-state index >= 15 is 0 Å². The summed E-state index contributed by atoms with van der Waals surface area (Å²) in [6.07, 6.45) is 3.54. The second kappa shape index (κ2) is 8.19. The van der Waals surface area contributed by atoms with Gasteiger partial charge in [-0.2, -0.15) is 0 Å². The van der Waals surface area contributed by atoms with E-state index in [9.17, 15) is 10.1 Å². The molecule has 1 aromatic rings. The van der Waals surface area contributed by atoms with Crippen LogP contribution in [0.15, 0.2) is 24.3 Å². The van der Waals surface area contributed by atoms with Crippen LogP contribution in [0.5, 0.6) is 0 Å². The highest BCUT2D eigenvalue weighted by atomic mass is 35.5. The van der Waals surface area contributed by atoms with Crippen LogP contribution in [0, 0.1) is 10.1 Å². The minimum Gasteiger partial charge on any atom is -0.317 e. The number of hydrogen-bond acceptors (Lipinski definition) is 4. The maximum absolute atomic E-state index is 10.8. The molecule has 6 heteroatoms. The molecule has 5 nitrogen and oxygen atoms in total. The van der Waals surface area contributed by atoms with E-state index in [2.05, 4.69) is 17.3 Å². The van der Waals surface area contributed by atoms with Crippen molar-refractivity contribution in [3.63, 3.8) is 0 Å². The summed E-state index contributed by atoms with van der Waals surface area (Å²) in [6.45, 7) is 2.93. The number of benzene rings is 1. The second-order valence-electron chi connectivity index (χ2n) is 5.18. The average Bonchev–Trinajstić information content (AvgIpc) is 2.68. The van der Waals surface area contributed by atoms with Crippen molar-refractivity contribution < 1.29 is 4.92 Å². The number of nitrogens with one attached hydrogen (secondary N) is 1. The van der Waals surface area contributed by atoms with Crippen molar-refractivity contribution in [2.24, 2.45) is 0 Å². The maximum Gasteiger partial charge on any atom is 0.269 e. The van der Waals surface area contributed by atoms with Crippen molar-refractivity contribution >= 4 is 18.1 Å². The molecule has 1 N–H and O–H groups in total. The molecular weight excluding hydrogens is 278 g/mol. The summed E-state index contributed by atoms with van der Waals surface area (Å²) in [7, 11) is 2.11. The van der Waals surface area contributed by atoms with Crippen LogP contribution < -0.4 is 5.32 Å². The zero-order chi connectivity index (χ0) is 13.7. The Hall–Kier alpha value is -1.17. The molecule has 1 atom stereocenters. The standard InChI is InChI=1S/C14H21N3O2.ClH/c1-16(13-6-3-8-15-9-7-13)11-12-4-2-5-14(10-12)17(18)19;/h2,4-5,10,13,15H,3,6-9,11H2,1H3;1H. The van der Waals surface area contributed by atoms with E-state index in [1.807, 2.05) is 6.07 Å². The number of nitro benzene ring substituents is 1. The molecule has 0 spiro atoms. The van der Waals surface area contributed by atoms with E-state index in [1.54, 1.807) is 18.2 Å². The molecule has 20 heavy (non-hydrogen) atoms. The van der Waals surface area contributed by atoms with Crippen molar-refractivity contribution in [2.75, 3.05) is 20.1 Å². The van der Waals surface area contributed by atoms with Crippen LogP contribution in [-0.4, -0.2) is 36.0 Å². The Bertz CT molecular complexity index is 434. The van der Waals surface area contributed by atoms with E-state index in [1.165, 1.54) is 12.8 Å². The summed E-state index contributed by atoms with van der Waals surface area (Å²) in [4.78, 5) is 12.7. The van der Waals surface area contributed by atoms with Crippen LogP contribution in [0.1, 0.15) is 24.8 Å². The lowest BCUT2D eigenvalue weighted by atomic mass is 10.1. The first-order valence-electron chi connectivity index (χ1n) is 6.81. The van der Waals surface area contributed by atoms with Crippen molar-refractivity contribution in [3.05, 3.63) is 39.9 Å². The Labute approximate surface area is 125 Å². The fraction of sp³-hybridized carbons (Fsp3) is 0.571. The van der Waals surface area contributed by atoms with Crippen molar-refractivity contribution in [2.45, 2.75) is 31.8 Å². The van der Waals surface area contributed by atoms with E-state index in [4.69, 9.17) is 0 Å². The number of rotatable bonds is 4. The Morgan fingerprint density at radius 1 is 1.40 bits per heavy atom. The Balaban J connectivity index is 0.00000200. The molecule has 112 valence electrons. The molecule has 0 bridgehead atoms. The minimum absolute atomic E-state index is 0. The summed E-state index contributed by atoms with van der Waals surface area (Å²) in [5, 5.41) is 14.2. The molecule has 0 amide bonds. The Morgan fingerprint density at radius 2 is 2.20 bits per heavy atom. The van der Waals surface area contributed by atoms with E-state index in [0.717, 1.165) is 31.6 Å². The normalized spacial score (nSPS) is 19.2. The minimum atomic E-state index is -0.334. The smallest absolute Gasteiger partial charge is 0.269 e. The summed E-state index contributed by atoms with van der Waals surface area (Å²) in [5.41, 5.74) is 1.18. The number of non-ortho nitro benzene ring substituents is 1. The zero-order valence-electron chi connectivity index (χ0n) is 11.7. The van der Waals surface area contributed by atoms with Gasteiger partial charge in [0.1, 0.15) is 0 Å². The molecule has 0 aromatic heterocycles. The molecule has 1 aromatic carbocycles. The zero-order valence-corrected chi connectivity index (χ0v) is 12.6. The van der Waals surface area contributed by atoms with Gasteiger partial charge in [-0.3, -0.25) is 15.0 Å². The fourth-order valence-corrected chi connectivity index (χ4v) is 2.63. The SMILES string of the molecule is CN(Cc1cccc([N+](=O)[O-])c1)C1CCCNCC1.Cl. The predicted molar refractivity (Wildman–Crippen MR) is 82.3 cm³/mol. The predicted octanol–water partition coefficient (Wildman–Crippen LogP) is 2.59. The van der Waals surface area contributed by atoms with Crippen molar-refractivity contribution in [3.8, 4) is 0 Å². The second-order valence-corrected chi connectivity index (χ2v) is 5.18. The number of hydrogen-bond donors (Lipinski definition) is 1. The van der Waals surface area contributed by atoms with Gasteiger partial charge in [0.25, 0.3) is 5.69 Å². The van der Waals surface area contributed by atoms with Gasteiger partial charge in [-0.25, -0.2) is 0 Å². The first kappa shape index (κ1) is 16.9. The van der Waals surface area contributed by atoms with Gasteiger partial charge >= 0.3 is 0 Å². The lowest BCUT2D eigenvalue weighted by molar-refractivity contribution is -0.384. The van der Waals surface area contributed by atoms with Gasteiger partial charge in [0.15, 0.2) is 0 Å². The quantitative estimate of drug-likeness (QED) is 0.686. The number of nitro groups is 1. The summed E-state index contributed by atoms with van der Waals surface area (Å²) in [6, 6.07) is 7.49. The van der Waals surface area contributed by atoms with E-state index < -0.39 is 0 Å². The summed E-state index contributed by atoms with van der Waals surface area (Å²) >= 11 is 0. The molecule has 0 radical (unpaired) electrons. The monoisotopic (exact) mass is 299 g/mol. The topological polar surface area (TPSA) is 58.4 Å². The molecule has 1 aliphatic heterocycles. The first-order chi connectivity index (χ1) is 9.16. The van der Waals surface area contributed by atoms with Gasteiger partial charge in [-0.15, -0.1) is 12.4 Å². The third-order valence-electron chi connectivity index (χ3n) is 3.72. The first-order valence-corrected chi connectivity index (χ1v) is 6.81. The third-order valence-corrected chi connectivity index (χ3v) is 3.72. The van der Waals surface area contributed by atoms with Crippen molar-refractivity contribution in [1.29, 1.82) is 0 Å². The molecule has 2 rings (SSSR count). The van der Waals surface area contributed by atoms with Gasteiger partial charge in [-0.1, -0.05) is 12.1 Å². The van der Waals surface area contributed by atoms with Gasteiger partial charge in [-0.05, 0) is 45.0 Å². The van der Waals surface area contributed by atoms with Crippen LogP contribution in [0.25, 0.3) is 0 Å². The molecule has 1 aliphatic rings. The third kappa shape index (κ3) is 4.74. The molecule has 0 aliphatic carbocycles. The van der Waals surface area contributed by atoms with Gasteiger partial charge in [0.05, 0.1) is 4.92 Å². The average molecular weight is 300 g/mol. The summed E-state index contributed by atoms with van der Waals surface area (Å²) < 4.78 is 0. The highest BCUT2D eigenvalue weighted by molar-refractivity contribution is 5.85. The fourth-order valence-electron chi connectivity index (χ4n) is 2.63. The van der Waals surface area contributed by atoms with Gasteiger partial charge < -0.3 is 5.32 Å². The highest BCUT2D eigenvalue weighted by Gasteiger charge is 2.17. The van der Waals surface area contributed by atoms with Crippen LogP contribution in [0.4, 0.5) is 5.69 Å². The maximum atomic E-state index is 10.8. The molecule has 1 fully saturated rings. The van der Waals surface area contributed by atoms with E-state index in [-0.39, 0.29) is 23.0 Å². The van der Waals surface area contributed by atoms with Crippen LogP contribution >= 0.6 is 12.4 Å². The Morgan fingerprint density at radius 3 is 2.95 bits per heavy atom. The Kier molecular flexibility index (Phi) is 6.91. The number of nitrogens with zero attached hydrogens (tertiary/aromatic N) is 2. The van der Waals surface area contributed by atoms with Crippen molar-refractivity contribution in [1.82, 2.24) is 10.2 Å². The van der Waals surface area contributed by atoms with Crippen LogP contribution in [0.3, 0.4) is 0 Å². The van der Waals surface area contributed by atoms with Gasteiger partial charge in [0, 0.05) is 24.7 Å². The molecule has 1 heterocycles.